The maximum absolute atomic E-state index is 12.0. The minimum atomic E-state index is 0.0400. The lowest BCUT2D eigenvalue weighted by Crippen LogP contribution is -2.28. The van der Waals surface area contributed by atoms with E-state index in [4.69, 9.17) is 0 Å². The largest absolute Gasteiger partial charge is 0.308 e. The van der Waals surface area contributed by atoms with Gasteiger partial charge in [-0.15, -0.1) is 0 Å². The van der Waals surface area contributed by atoms with Gasteiger partial charge in [-0.3, -0.25) is 4.79 Å². The molecule has 0 saturated carbocycles. The van der Waals surface area contributed by atoms with Crippen LogP contribution in [0.3, 0.4) is 0 Å². The Hall–Kier alpha value is -2.35. The first kappa shape index (κ1) is 14.1. The van der Waals surface area contributed by atoms with Crippen LogP contribution in [-0.4, -0.2) is 5.91 Å². The van der Waals surface area contributed by atoms with Gasteiger partial charge in [0.2, 0.25) is 5.91 Å². The smallest absolute Gasteiger partial charge is 0.224 e. The van der Waals surface area contributed by atoms with Crippen LogP contribution >= 0.6 is 0 Å². The predicted octanol–water partition coefficient (Wildman–Crippen LogP) is 4.19. The number of amides is 1. The summed E-state index contributed by atoms with van der Waals surface area (Å²) in [6, 6.07) is 15.9. The molecule has 0 atom stereocenters. The van der Waals surface area contributed by atoms with Gasteiger partial charge in [-0.2, -0.15) is 0 Å². The van der Waals surface area contributed by atoms with Crippen molar-refractivity contribution in [3.63, 3.8) is 0 Å². The summed E-state index contributed by atoms with van der Waals surface area (Å²) in [7, 11) is 0. The van der Waals surface area contributed by atoms with Crippen molar-refractivity contribution < 1.29 is 4.79 Å². The molecule has 0 unspecified atom stereocenters. The molecule has 0 aliphatic rings. The highest BCUT2D eigenvalue weighted by Gasteiger charge is 2.14. The Morgan fingerprint density at radius 2 is 1.80 bits per heavy atom. The van der Waals surface area contributed by atoms with Crippen LogP contribution < -0.4 is 4.90 Å². The number of carbonyl (C=O) groups excluding carboxylic acids is 1. The summed E-state index contributed by atoms with van der Waals surface area (Å²) in [5.41, 5.74) is 4.21. The minimum Gasteiger partial charge on any atom is -0.308 e. The molecular formula is C18H19NO. The maximum atomic E-state index is 12.0. The molecule has 2 aromatic rings. The van der Waals surface area contributed by atoms with Crippen LogP contribution in [0.4, 0.5) is 5.69 Å². The van der Waals surface area contributed by atoms with Gasteiger partial charge in [0.25, 0.3) is 0 Å². The third kappa shape index (κ3) is 2.97. The summed E-state index contributed by atoms with van der Waals surface area (Å²) in [4.78, 5) is 13.8. The second-order valence-electron chi connectivity index (χ2n) is 4.79. The number of benzene rings is 2. The Labute approximate surface area is 120 Å². The van der Waals surface area contributed by atoms with E-state index in [-0.39, 0.29) is 5.91 Å². The number of hydrogen-bond acceptors (Lipinski definition) is 1. The topological polar surface area (TPSA) is 20.3 Å². The van der Waals surface area contributed by atoms with Gasteiger partial charge in [-0.25, -0.2) is 0 Å². The zero-order valence-corrected chi connectivity index (χ0v) is 12.0. The van der Waals surface area contributed by atoms with Crippen LogP contribution in [0.25, 0.3) is 6.08 Å². The highest BCUT2D eigenvalue weighted by Crippen LogP contribution is 2.23. The lowest BCUT2D eigenvalue weighted by Gasteiger charge is -2.24. The van der Waals surface area contributed by atoms with E-state index in [0.29, 0.717) is 6.54 Å². The first-order chi connectivity index (χ1) is 9.63. The van der Waals surface area contributed by atoms with E-state index in [0.717, 1.165) is 22.4 Å². The SMILES string of the molecule is C=Cc1ccccc1CN(C(C)=O)c1ccccc1C. The van der Waals surface area contributed by atoms with Crippen LogP contribution in [0.5, 0.6) is 0 Å². The van der Waals surface area contributed by atoms with E-state index < -0.39 is 0 Å². The van der Waals surface area contributed by atoms with Crippen LogP contribution in [0.1, 0.15) is 23.6 Å². The zero-order valence-electron chi connectivity index (χ0n) is 12.0. The van der Waals surface area contributed by atoms with Crippen LogP contribution in [-0.2, 0) is 11.3 Å². The van der Waals surface area contributed by atoms with Crippen molar-refractivity contribution in [3.05, 3.63) is 71.8 Å². The summed E-state index contributed by atoms with van der Waals surface area (Å²) in [6.07, 6.45) is 1.82. The average molecular weight is 265 g/mol. The Bertz CT molecular complexity index is 631. The van der Waals surface area contributed by atoms with E-state index in [1.807, 2.05) is 61.5 Å². The molecule has 0 heterocycles. The first-order valence-electron chi connectivity index (χ1n) is 6.67. The molecule has 0 N–H and O–H groups in total. The summed E-state index contributed by atoms with van der Waals surface area (Å²) < 4.78 is 0. The fourth-order valence-electron chi connectivity index (χ4n) is 2.28. The summed E-state index contributed by atoms with van der Waals surface area (Å²) in [5.74, 6) is 0.0400. The molecule has 0 bridgehead atoms. The third-order valence-electron chi connectivity index (χ3n) is 3.39. The third-order valence-corrected chi connectivity index (χ3v) is 3.39. The van der Waals surface area contributed by atoms with Crippen molar-refractivity contribution in [2.24, 2.45) is 0 Å². The van der Waals surface area contributed by atoms with Gasteiger partial charge in [-0.1, -0.05) is 55.1 Å². The molecule has 2 heteroatoms. The van der Waals surface area contributed by atoms with Gasteiger partial charge in [0, 0.05) is 12.6 Å². The van der Waals surface area contributed by atoms with Crippen LogP contribution in [0.15, 0.2) is 55.1 Å². The molecule has 0 aromatic heterocycles. The van der Waals surface area contributed by atoms with E-state index in [9.17, 15) is 4.79 Å². The fourth-order valence-corrected chi connectivity index (χ4v) is 2.28. The van der Waals surface area contributed by atoms with Crippen molar-refractivity contribution in [2.75, 3.05) is 4.90 Å². The van der Waals surface area contributed by atoms with Gasteiger partial charge in [-0.05, 0) is 29.7 Å². The summed E-state index contributed by atoms with van der Waals surface area (Å²) in [6.45, 7) is 8.01. The van der Waals surface area contributed by atoms with Gasteiger partial charge >= 0.3 is 0 Å². The van der Waals surface area contributed by atoms with Crippen LogP contribution in [0, 0.1) is 6.92 Å². The highest BCUT2D eigenvalue weighted by atomic mass is 16.2. The number of carbonyl (C=O) groups is 1. The molecule has 0 fully saturated rings. The number of anilines is 1. The van der Waals surface area contributed by atoms with Crippen molar-refractivity contribution in [1.29, 1.82) is 0 Å². The Morgan fingerprint density at radius 1 is 1.15 bits per heavy atom. The number of aryl methyl sites for hydroxylation is 1. The highest BCUT2D eigenvalue weighted by molar-refractivity contribution is 5.92. The molecule has 2 aromatic carbocycles. The number of hydrogen-bond donors (Lipinski definition) is 0. The van der Waals surface area contributed by atoms with Crippen molar-refractivity contribution >= 4 is 17.7 Å². The molecule has 0 aliphatic carbocycles. The van der Waals surface area contributed by atoms with E-state index >= 15 is 0 Å². The molecule has 0 saturated heterocycles. The van der Waals surface area contributed by atoms with E-state index in [1.54, 1.807) is 11.8 Å². The molecule has 0 radical (unpaired) electrons. The van der Waals surface area contributed by atoms with Gasteiger partial charge < -0.3 is 4.90 Å². The number of rotatable bonds is 4. The molecular weight excluding hydrogens is 246 g/mol. The quantitative estimate of drug-likeness (QED) is 0.811. The maximum Gasteiger partial charge on any atom is 0.224 e. The molecule has 1 amide bonds. The molecule has 102 valence electrons. The lowest BCUT2D eigenvalue weighted by molar-refractivity contribution is -0.116. The average Bonchev–Trinajstić information content (AvgIpc) is 2.46. The van der Waals surface area contributed by atoms with E-state index in [2.05, 4.69) is 6.58 Å². The Morgan fingerprint density at radius 3 is 2.45 bits per heavy atom. The Balaban J connectivity index is 2.39. The lowest BCUT2D eigenvalue weighted by atomic mass is 10.1. The molecule has 2 rings (SSSR count). The number of para-hydroxylation sites is 1. The van der Waals surface area contributed by atoms with Gasteiger partial charge in [0.15, 0.2) is 0 Å². The van der Waals surface area contributed by atoms with E-state index in [1.165, 1.54) is 0 Å². The first-order valence-corrected chi connectivity index (χ1v) is 6.67. The Kier molecular flexibility index (Phi) is 4.36. The monoisotopic (exact) mass is 265 g/mol. The van der Waals surface area contributed by atoms with Crippen molar-refractivity contribution in [2.45, 2.75) is 20.4 Å². The van der Waals surface area contributed by atoms with Crippen molar-refractivity contribution in [1.82, 2.24) is 0 Å². The van der Waals surface area contributed by atoms with Crippen LogP contribution in [0.2, 0.25) is 0 Å². The summed E-state index contributed by atoms with van der Waals surface area (Å²) >= 11 is 0. The number of nitrogens with zero attached hydrogens (tertiary/aromatic N) is 1. The zero-order chi connectivity index (χ0) is 14.5. The molecule has 20 heavy (non-hydrogen) atoms. The second-order valence-corrected chi connectivity index (χ2v) is 4.79. The van der Waals surface area contributed by atoms with Crippen molar-refractivity contribution in [3.8, 4) is 0 Å². The predicted molar refractivity (Wildman–Crippen MR) is 84.6 cm³/mol. The minimum absolute atomic E-state index is 0.0400. The molecule has 2 nitrogen and oxygen atoms in total. The second kappa shape index (κ2) is 6.20. The van der Waals surface area contributed by atoms with Gasteiger partial charge in [0.1, 0.15) is 0 Å². The van der Waals surface area contributed by atoms with Gasteiger partial charge in [0.05, 0.1) is 6.54 Å². The standard InChI is InChI=1S/C18H19NO/c1-4-16-10-6-7-11-17(16)13-19(15(3)20)18-12-8-5-9-14(18)2/h4-12H,1,13H2,2-3H3. The normalized spacial score (nSPS) is 10.1. The molecule has 0 spiro atoms. The fraction of sp³-hybridized carbons (Fsp3) is 0.167. The summed E-state index contributed by atoms with van der Waals surface area (Å²) in [5, 5.41) is 0. The molecule has 0 aliphatic heterocycles.